The number of piperidine rings is 1. The Balaban J connectivity index is 1.80. The normalized spacial score (nSPS) is 27.0. The molecule has 2 aromatic rings. The van der Waals surface area contributed by atoms with Gasteiger partial charge in [-0.3, -0.25) is 0 Å². The van der Waals surface area contributed by atoms with Crippen LogP contribution < -0.4 is 14.8 Å². The van der Waals surface area contributed by atoms with Gasteiger partial charge in [-0.1, -0.05) is 48.0 Å². The first kappa shape index (κ1) is 20.7. The van der Waals surface area contributed by atoms with E-state index in [9.17, 15) is 0 Å². The molecule has 1 saturated heterocycles. The fraction of sp³-hybridized carbons (Fsp3) is 0.480. The summed E-state index contributed by atoms with van der Waals surface area (Å²) in [6.07, 6.45) is 3.37. The Hall–Kier alpha value is -2.53. The van der Waals surface area contributed by atoms with Crippen LogP contribution in [0.25, 0.3) is 0 Å². The molecule has 30 heavy (non-hydrogen) atoms. The second-order valence-electron chi connectivity index (χ2n) is 7.91. The fourth-order valence-electron chi connectivity index (χ4n) is 5.13. The zero-order chi connectivity index (χ0) is 20.9. The maximum atomic E-state index is 5.99. The minimum absolute atomic E-state index is 0.109. The highest BCUT2D eigenvalue weighted by Gasteiger charge is 2.46. The molecule has 4 atom stereocenters. The van der Waals surface area contributed by atoms with E-state index in [1.807, 2.05) is 26.0 Å². The van der Waals surface area contributed by atoms with E-state index in [1.165, 1.54) is 17.5 Å². The van der Waals surface area contributed by atoms with Crippen molar-refractivity contribution in [3.05, 3.63) is 59.7 Å². The summed E-state index contributed by atoms with van der Waals surface area (Å²) in [7, 11) is 1.65. The highest BCUT2D eigenvalue weighted by molar-refractivity contribution is 5.92. The van der Waals surface area contributed by atoms with E-state index in [4.69, 9.17) is 14.3 Å². The highest BCUT2D eigenvalue weighted by atomic mass is 16.6. The van der Waals surface area contributed by atoms with Gasteiger partial charge in [-0.2, -0.15) is 0 Å². The molecule has 1 heterocycles. The first-order chi connectivity index (χ1) is 14.8. The van der Waals surface area contributed by atoms with Crippen molar-refractivity contribution < 1.29 is 14.3 Å². The summed E-state index contributed by atoms with van der Waals surface area (Å²) >= 11 is 0. The van der Waals surface area contributed by atoms with Crippen LogP contribution in [0.4, 0.5) is 0 Å². The van der Waals surface area contributed by atoms with Gasteiger partial charge in [0.05, 0.1) is 18.9 Å². The number of fused-ring (bicyclic) bond motifs is 2. The van der Waals surface area contributed by atoms with Crippen molar-refractivity contribution in [1.82, 2.24) is 5.32 Å². The number of benzene rings is 2. The number of hydrogen-bond donors (Lipinski definition) is 1. The van der Waals surface area contributed by atoms with Crippen molar-refractivity contribution >= 4 is 5.71 Å². The molecule has 2 aliphatic rings. The molecule has 2 aromatic carbocycles. The molecule has 0 spiro atoms. The molecule has 1 aliphatic heterocycles. The number of ether oxygens (including phenoxy) is 2. The predicted octanol–water partition coefficient (Wildman–Crippen LogP) is 5.29. The summed E-state index contributed by atoms with van der Waals surface area (Å²) < 4.78 is 12.0. The van der Waals surface area contributed by atoms with E-state index in [2.05, 4.69) is 46.9 Å². The standard InChI is InChI=1S/C25H32N2O3/c1-4-29-21-15-8-6-11-17(21)23-19-13-10-14-20(25(19)27-28-3)24(26-23)18-12-7-9-16-22(18)30-5-2/h6-9,11-12,15-16,19-20,23-24,26H,4-5,10,13-14H2,1-3H3/t19-,20+,23+,24-. The van der Waals surface area contributed by atoms with Crippen LogP contribution in [0, 0.1) is 11.8 Å². The molecule has 1 saturated carbocycles. The largest absolute Gasteiger partial charge is 0.494 e. The van der Waals surface area contributed by atoms with E-state index in [0.717, 1.165) is 30.1 Å². The Bertz CT molecular complexity index is 817. The minimum Gasteiger partial charge on any atom is -0.494 e. The Labute approximate surface area is 179 Å². The number of nitrogens with zero attached hydrogens (tertiary/aromatic N) is 1. The maximum absolute atomic E-state index is 5.99. The monoisotopic (exact) mass is 408 g/mol. The molecular weight excluding hydrogens is 376 g/mol. The number of rotatable bonds is 7. The quantitative estimate of drug-likeness (QED) is 0.633. The van der Waals surface area contributed by atoms with Crippen LogP contribution in [0.5, 0.6) is 11.5 Å². The van der Waals surface area contributed by atoms with Crippen LogP contribution in [0.15, 0.2) is 53.7 Å². The van der Waals surface area contributed by atoms with Gasteiger partial charge < -0.3 is 19.6 Å². The molecule has 0 unspecified atom stereocenters. The molecule has 5 heteroatoms. The zero-order valence-corrected chi connectivity index (χ0v) is 18.1. The highest BCUT2D eigenvalue weighted by Crippen LogP contribution is 2.49. The summed E-state index contributed by atoms with van der Waals surface area (Å²) in [6, 6.07) is 16.9. The van der Waals surface area contributed by atoms with Gasteiger partial charge in [-0.15, -0.1) is 0 Å². The lowest BCUT2D eigenvalue weighted by atomic mass is 9.66. The Morgan fingerprint density at radius 1 is 0.833 bits per heavy atom. The molecule has 4 rings (SSSR count). The molecule has 1 N–H and O–H groups in total. The molecule has 160 valence electrons. The summed E-state index contributed by atoms with van der Waals surface area (Å²) in [6.45, 7) is 5.35. The molecule has 5 nitrogen and oxygen atoms in total. The van der Waals surface area contributed by atoms with Crippen LogP contribution in [0.2, 0.25) is 0 Å². The lowest BCUT2D eigenvalue weighted by molar-refractivity contribution is 0.178. The molecule has 2 bridgehead atoms. The van der Waals surface area contributed by atoms with Gasteiger partial charge in [0, 0.05) is 35.0 Å². The van der Waals surface area contributed by atoms with E-state index in [0.29, 0.717) is 25.0 Å². The van der Waals surface area contributed by atoms with Gasteiger partial charge in [0.15, 0.2) is 0 Å². The van der Waals surface area contributed by atoms with Crippen LogP contribution in [0.1, 0.15) is 56.3 Å². The Kier molecular flexibility index (Phi) is 6.58. The van der Waals surface area contributed by atoms with Crippen molar-refractivity contribution in [2.24, 2.45) is 17.0 Å². The summed E-state index contributed by atoms with van der Waals surface area (Å²) in [4.78, 5) is 5.34. The maximum Gasteiger partial charge on any atom is 0.124 e. The van der Waals surface area contributed by atoms with Crippen LogP contribution in [0.3, 0.4) is 0 Å². The van der Waals surface area contributed by atoms with E-state index < -0.39 is 0 Å². The second-order valence-corrected chi connectivity index (χ2v) is 7.91. The van der Waals surface area contributed by atoms with Gasteiger partial charge in [-0.05, 0) is 38.8 Å². The summed E-state index contributed by atoms with van der Waals surface area (Å²) in [5, 5.41) is 8.54. The van der Waals surface area contributed by atoms with E-state index >= 15 is 0 Å². The number of oxime groups is 1. The summed E-state index contributed by atoms with van der Waals surface area (Å²) in [5.74, 6) is 2.46. The number of hydrogen-bond acceptors (Lipinski definition) is 5. The number of nitrogens with one attached hydrogen (secondary N) is 1. The minimum atomic E-state index is 0.109. The summed E-state index contributed by atoms with van der Waals surface area (Å²) in [5.41, 5.74) is 3.54. The van der Waals surface area contributed by atoms with Gasteiger partial charge in [0.2, 0.25) is 0 Å². The molecule has 1 aliphatic carbocycles. The van der Waals surface area contributed by atoms with E-state index in [1.54, 1.807) is 7.11 Å². The zero-order valence-electron chi connectivity index (χ0n) is 18.1. The topological polar surface area (TPSA) is 52.1 Å². The van der Waals surface area contributed by atoms with Gasteiger partial charge in [-0.25, -0.2) is 0 Å². The Morgan fingerprint density at radius 3 is 1.80 bits per heavy atom. The van der Waals surface area contributed by atoms with Crippen molar-refractivity contribution in [2.75, 3.05) is 20.3 Å². The van der Waals surface area contributed by atoms with Crippen molar-refractivity contribution in [2.45, 2.75) is 45.2 Å². The molecule has 0 amide bonds. The van der Waals surface area contributed by atoms with Gasteiger partial charge in [0.25, 0.3) is 0 Å². The third kappa shape index (κ3) is 3.91. The number of para-hydroxylation sites is 2. The molecule has 0 aromatic heterocycles. The van der Waals surface area contributed by atoms with Crippen LogP contribution >= 0.6 is 0 Å². The second kappa shape index (κ2) is 9.52. The molecule has 2 fully saturated rings. The third-order valence-electron chi connectivity index (χ3n) is 6.26. The van der Waals surface area contributed by atoms with Gasteiger partial charge in [0.1, 0.15) is 18.6 Å². The van der Waals surface area contributed by atoms with Crippen molar-refractivity contribution in [3.8, 4) is 11.5 Å². The van der Waals surface area contributed by atoms with Crippen LogP contribution in [-0.2, 0) is 4.84 Å². The average Bonchev–Trinajstić information content (AvgIpc) is 2.76. The molecule has 0 radical (unpaired) electrons. The molecular formula is C25H32N2O3. The first-order valence-electron chi connectivity index (χ1n) is 11.1. The fourth-order valence-corrected chi connectivity index (χ4v) is 5.13. The van der Waals surface area contributed by atoms with Gasteiger partial charge >= 0.3 is 0 Å². The van der Waals surface area contributed by atoms with E-state index in [-0.39, 0.29) is 12.1 Å². The van der Waals surface area contributed by atoms with Crippen LogP contribution in [-0.4, -0.2) is 26.0 Å². The van der Waals surface area contributed by atoms with Crippen molar-refractivity contribution in [3.63, 3.8) is 0 Å². The average molecular weight is 409 g/mol. The van der Waals surface area contributed by atoms with Crippen molar-refractivity contribution in [1.29, 1.82) is 0 Å². The third-order valence-corrected chi connectivity index (χ3v) is 6.26. The Morgan fingerprint density at radius 2 is 1.33 bits per heavy atom. The smallest absolute Gasteiger partial charge is 0.124 e. The predicted molar refractivity (Wildman–Crippen MR) is 119 cm³/mol. The SMILES string of the molecule is CCOc1ccccc1[C@H]1N[C@@H](c2ccccc2OCC)[C@H]2CCC[C@@H]1C2=NOC. The lowest BCUT2D eigenvalue weighted by Crippen LogP contribution is -2.50. The lowest BCUT2D eigenvalue weighted by Gasteiger charge is -2.47. The first-order valence-corrected chi connectivity index (χ1v) is 11.1.